The summed E-state index contributed by atoms with van der Waals surface area (Å²) >= 11 is 0. The molecule has 0 bridgehead atoms. The van der Waals surface area contributed by atoms with Crippen molar-refractivity contribution in [1.82, 2.24) is 14.3 Å². The molecule has 0 spiro atoms. The minimum atomic E-state index is -3.20. The van der Waals surface area contributed by atoms with Crippen LogP contribution < -0.4 is 4.90 Å². The molecule has 0 N–H and O–H groups in total. The maximum absolute atomic E-state index is 12.5. The number of hydrogen-bond donors (Lipinski definition) is 0. The van der Waals surface area contributed by atoms with E-state index in [9.17, 15) is 13.2 Å². The molecule has 1 aliphatic carbocycles. The molecule has 148 valence electrons. The molecular weight excluding hydrogens is 364 g/mol. The summed E-state index contributed by atoms with van der Waals surface area (Å²) in [5.41, 5.74) is 2.01. The molecule has 0 unspecified atom stereocenters. The second-order valence-corrected chi connectivity index (χ2v) is 10.3. The van der Waals surface area contributed by atoms with Gasteiger partial charge in [-0.25, -0.2) is 22.7 Å². The van der Waals surface area contributed by atoms with Crippen LogP contribution in [0.5, 0.6) is 0 Å². The second-order valence-electron chi connectivity index (χ2n) is 8.01. The van der Waals surface area contributed by atoms with E-state index >= 15 is 0 Å². The number of piperidine rings is 1. The van der Waals surface area contributed by atoms with Crippen LogP contribution >= 0.6 is 0 Å². The molecule has 3 heterocycles. The van der Waals surface area contributed by atoms with E-state index in [2.05, 4.69) is 0 Å². The molecule has 0 radical (unpaired) electrons. The van der Waals surface area contributed by atoms with Gasteiger partial charge in [-0.1, -0.05) is 0 Å². The minimum absolute atomic E-state index is 0.0103. The van der Waals surface area contributed by atoms with E-state index in [1.54, 1.807) is 11.2 Å². The van der Waals surface area contributed by atoms with Crippen LogP contribution in [0.2, 0.25) is 0 Å². The van der Waals surface area contributed by atoms with E-state index in [1.807, 2.05) is 11.8 Å². The third-order valence-corrected chi connectivity index (χ3v) is 7.85. The van der Waals surface area contributed by atoms with Crippen molar-refractivity contribution in [3.63, 3.8) is 0 Å². The van der Waals surface area contributed by atoms with Crippen molar-refractivity contribution in [1.29, 1.82) is 0 Å². The van der Waals surface area contributed by atoms with Crippen molar-refractivity contribution in [2.45, 2.75) is 58.3 Å². The zero-order valence-electron chi connectivity index (χ0n) is 16.1. The van der Waals surface area contributed by atoms with Crippen LogP contribution in [0.4, 0.5) is 5.82 Å². The number of aromatic nitrogens is 2. The highest BCUT2D eigenvalue weighted by atomic mass is 32.2. The van der Waals surface area contributed by atoms with Crippen LogP contribution in [0.15, 0.2) is 0 Å². The number of carbonyl (C=O) groups is 1. The van der Waals surface area contributed by atoms with Crippen LogP contribution in [-0.4, -0.2) is 54.0 Å². The largest absolute Gasteiger partial charge is 0.296 e. The van der Waals surface area contributed by atoms with Gasteiger partial charge in [0.25, 0.3) is 0 Å². The summed E-state index contributed by atoms with van der Waals surface area (Å²) in [6.07, 6.45) is 5.28. The topological polar surface area (TPSA) is 83.5 Å². The molecule has 4 rings (SSSR count). The van der Waals surface area contributed by atoms with Crippen LogP contribution in [0.1, 0.15) is 62.0 Å². The first-order valence-electron chi connectivity index (χ1n) is 10.0. The number of amides is 1. The molecule has 1 saturated heterocycles. The van der Waals surface area contributed by atoms with Crippen molar-refractivity contribution < 1.29 is 13.2 Å². The molecule has 2 aliphatic heterocycles. The van der Waals surface area contributed by atoms with Crippen LogP contribution in [0, 0.1) is 12.8 Å². The van der Waals surface area contributed by atoms with E-state index in [-0.39, 0.29) is 17.6 Å². The lowest BCUT2D eigenvalue weighted by Gasteiger charge is -2.33. The minimum Gasteiger partial charge on any atom is -0.296 e. The second kappa shape index (κ2) is 7.13. The predicted octanol–water partition coefficient (Wildman–Crippen LogP) is 2.00. The molecule has 0 aromatic carbocycles. The van der Waals surface area contributed by atoms with Crippen molar-refractivity contribution in [3.8, 4) is 0 Å². The first-order valence-corrected chi connectivity index (χ1v) is 11.7. The average molecular weight is 393 g/mol. The summed E-state index contributed by atoms with van der Waals surface area (Å²) in [7, 11) is -3.20. The molecule has 1 aromatic heterocycles. The van der Waals surface area contributed by atoms with E-state index in [1.165, 1.54) is 12.8 Å². The smallest absolute Gasteiger partial charge is 0.228 e. The number of fused-ring (bicyclic) bond motifs is 1. The van der Waals surface area contributed by atoms with Crippen molar-refractivity contribution in [2.75, 3.05) is 30.3 Å². The number of aryl methyl sites for hydroxylation is 1. The molecule has 1 atom stereocenters. The summed E-state index contributed by atoms with van der Waals surface area (Å²) in [5, 5.41) is 0. The lowest BCUT2D eigenvalue weighted by molar-refractivity contribution is -0.119. The van der Waals surface area contributed by atoms with Crippen LogP contribution in [-0.2, 0) is 21.2 Å². The van der Waals surface area contributed by atoms with Gasteiger partial charge in [-0.3, -0.25) is 9.69 Å². The molecule has 7 nitrogen and oxygen atoms in total. The maximum Gasteiger partial charge on any atom is 0.228 e. The molecule has 2 fully saturated rings. The average Bonchev–Trinajstić information content (AvgIpc) is 3.48. The van der Waals surface area contributed by atoms with Gasteiger partial charge in [0.1, 0.15) is 11.6 Å². The van der Waals surface area contributed by atoms with E-state index < -0.39 is 10.0 Å². The highest BCUT2D eigenvalue weighted by Crippen LogP contribution is 2.36. The SMILES string of the molecule is CCS(=O)(=O)N1CCC[C@H](c2nc(C)c3c(n2)N(CC2CC2)C(=O)CC3)C1. The van der Waals surface area contributed by atoms with E-state index in [4.69, 9.17) is 9.97 Å². The van der Waals surface area contributed by atoms with Gasteiger partial charge in [-0.15, -0.1) is 0 Å². The maximum atomic E-state index is 12.5. The highest BCUT2D eigenvalue weighted by Gasteiger charge is 2.35. The van der Waals surface area contributed by atoms with Crippen molar-refractivity contribution in [3.05, 3.63) is 17.1 Å². The normalized spacial score (nSPS) is 24.1. The van der Waals surface area contributed by atoms with Gasteiger partial charge in [0, 0.05) is 43.2 Å². The van der Waals surface area contributed by atoms with Crippen molar-refractivity contribution in [2.24, 2.45) is 5.92 Å². The van der Waals surface area contributed by atoms with E-state index in [0.29, 0.717) is 37.7 Å². The Hall–Kier alpha value is -1.54. The van der Waals surface area contributed by atoms with Crippen molar-refractivity contribution >= 4 is 21.7 Å². The zero-order valence-corrected chi connectivity index (χ0v) is 17.0. The summed E-state index contributed by atoms with van der Waals surface area (Å²) in [4.78, 5) is 23.9. The monoisotopic (exact) mass is 392 g/mol. The third kappa shape index (κ3) is 3.74. The Morgan fingerprint density at radius 2 is 1.93 bits per heavy atom. The molecule has 1 amide bonds. The Bertz CT molecular complexity index is 851. The lowest BCUT2D eigenvalue weighted by atomic mass is 9.97. The summed E-state index contributed by atoms with van der Waals surface area (Å²) in [5.74, 6) is 2.32. The standard InChI is InChI=1S/C19H28N4O3S/c1-3-27(25,26)22-10-4-5-15(12-22)18-20-13(2)16-8-9-17(24)23(19(16)21-18)11-14-6-7-14/h14-15H,3-12H2,1-2H3/t15-/m0/s1. The number of anilines is 1. The van der Waals surface area contributed by atoms with Gasteiger partial charge in [0.15, 0.2) is 0 Å². The first-order chi connectivity index (χ1) is 12.9. The summed E-state index contributed by atoms with van der Waals surface area (Å²) in [6.45, 7) is 5.43. The Labute approximate surface area is 161 Å². The fourth-order valence-electron chi connectivity index (χ4n) is 4.12. The summed E-state index contributed by atoms with van der Waals surface area (Å²) < 4.78 is 26.1. The predicted molar refractivity (Wildman–Crippen MR) is 103 cm³/mol. The van der Waals surface area contributed by atoms with Gasteiger partial charge in [-0.05, 0) is 51.9 Å². The Balaban J connectivity index is 1.65. The molecule has 27 heavy (non-hydrogen) atoms. The van der Waals surface area contributed by atoms with Crippen LogP contribution in [0.25, 0.3) is 0 Å². The summed E-state index contributed by atoms with van der Waals surface area (Å²) in [6, 6.07) is 0. The number of sulfonamides is 1. The number of carbonyl (C=O) groups excluding carboxylic acids is 1. The quantitative estimate of drug-likeness (QED) is 0.765. The van der Waals surface area contributed by atoms with Gasteiger partial charge in [0.05, 0.1) is 5.75 Å². The lowest BCUT2D eigenvalue weighted by Crippen LogP contribution is -2.41. The Morgan fingerprint density at radius 3 is 2.63 bits per heavy atom. The number of hydrogen-bond acceptors (Lipinski definition) is 5. The molecule has 1 aromatic rings. The van der Waals surface area contributed by atoms with Gasteiger partial charge >= 0.3 is 0 Å². The third-order valence-electron chi connectivity index (χ3n) is 6.00. The molecule has 3 aliphatic rings. The first kappa shape index (κ1) is 18.8. The molecule has 1 saturated carbocycles. The Morgan fingerprint density at radius 1 is 1.15 bits per heavy atom. The number of rotatable bonds is 5. The Kier molecular flexibility index (Phi) is 4.96. The van der Waals surface area contributed by atoms with E-state index in [0.717, 1.165) is 36.5 Å². The van der Waals surface area contributed by atoms with Gasteiger partial charge < -0.3 is 0 Å². The molecule has 8 heteroatoms. The highest BCUT2D eigenvalue weighted by molar-refractivity contribution is 7.89. The fourth-order valence-corrected chi connectivity index (χ4v) is 5.30. The van der Waals surface area contributed by atoms with Crippen LogP contribution in [0.3, 0.4) is 0 Å². The number of nitrogens with zero attached hydrogens (tertiary/aromatic N) is 4. The van der Waals surface area contributed by atoms with Gasteiger partial charge in [-0.2, -0.15) is 0 Å². The van der Waals surface area contributed by atoms with Gasteiger partial charge in [0.2, 0.25) is 15.9 Å². The fraction of sp³-hybridized carbons (Fsp3) is 0.737. The molecular formula is C19H28N4O3S. The zero-order chi connectivity index (χ0) is 19.2.